The van der Waals surface area contributed by atoms with E-state index in [1.807, 2.05) is 0 Å². The number of nitro groups is 3. The Morgan fingerprint density at radius 2 is 0.833 bits per heavy atom. The minimum Gasteiger partial charge on any atom is -0.265 e. The Labute approximate surface area is 99.5 Å². The van der Waals surface area contributed by atoms with Crippen LogP contribution in [0.4, 0.5) is 0 Å². The van der Waals surface area contributed by atoms with Crippen molar-refractivity contribution in [3.63, 3.8) is 0 Å². The number of hydrogen-bond donors (Lipinski definition) is 3. The Morgan fingerprint density at radius 3 is 0.944 bits per heavy atom. The highest BCUT2D eigenvalue weighted by atomic mass is 16.6. The third kappa shape index (κ3) is 2.07. The number of nitrogens with zero attached hydrogens (tertiary/aromatic N) is 3. The first kappa shape index (κ1) is 14.1. The average molecular weight is 264 g/mol. The van der Waals surface area contributed by atoms with Gasteiger partial charge in [-0.25, -0.2) is 0 Å². The fraction of sp³-hybridized carbons (Fsp3) is 1.00. The molecule has 12 nitrogen and oxygen atoms in total. The van der Waals surface area contributed by atoms with E-state index in [0.29, 0.717) is 0 Å². The second kappa shape index (κ2) is 3.79. The van der Waals surface area contributed by atoms with E-state index >= 15 is 0 Å². The summed E-state index contributed by atoms with van der Waals surface area (Å²) in [6.45, 7) is 0. The summed E-state index contributed by atoms with van der Waals surface area (Å²) in [5.74, 6) is 0. The second-order valence-corrected chi connectivity index (χ2v) is 4.61. The highest BCUT2D eigenvalue weighted by Gasteiger charge is 2.68. The van der Waals surface area contributed by atoms with E-state index in [1.165, 1.54) is 0 Å². The number of nitrogens with two attached hydrogens (primary N) is 3. The summed E-state index contributed by atoms with van der Waals surface area (Å²) in [6, 6.07) is 0. The smallest absolute Gasteiger partial charge is 0.265 e. The Kier molecular flexibility index (Phi) is 2.98. The molecule has 0 unspecified atom stereocenters. The van der Waals surface area contributed by atoms with Crippen LogP contribution in [0.3, 0.4) is 0 Å². The van der Waals surface area contributed by atoms with Crippen molar-refractivity contribution in [2.75, 3.05) is 0 Å². The molecule has 1 fully saturated rings. The van der Waals surface area contributed by atoms with Crippen molar-refractivity contribution in [3.8, 4) is 0 Å². The molecule has 6 N–H and O–H groups in total. The first-order valence-electron chi connectivity index (χ1n) is 4.75. The minimum atomic E-state index is -2.40. The van der Waals surface area contributed by atoms with Crippen molar-refractivity contribution < 1.29 is 14.8 Å². The topological polar surface area (TPSA) is 207 Å². The van der Waals surface area contributed by atoms with Crippen LogP contribution in [-0.4, -0.2) is 31.8 Å². The molecule has 0 aromatic rings. The van der Waals surface area contributed by atoms with Crippen molar-refractivity contribution in [2.45, 2.75) is 36.3 Å². The van der Waals surface area contributed by atoms with Gasteiger partial charge >= 0.3 is 0 Å². The van der Waals surface area contributed by atoms with Crippen molar-refractivity contribution in [1.82, 2.24) is 0 Å². The van der Waals surface area contributed by atoms with Crippen LogP contribution in [0.1, 0.15) is 19.3 Å². The van der Waals surface area contributed by atoms with E-state index in [1.54, 1.807) is 0 Å². The summed E-state index contributed by atoms with van der Waals surface area (Å²) in [7, 11) is 0. The van der Waals surface area contributed by atoms with Gasteiger partial charge < -0.3 is 0 Å². The Bertz CT molecular complexity index is 355. The van der Waals surface area contributed by atoms with Gasteiger partial charge in [-0.05, 0) is 0 Å². The first-order chi connectivity index (χ1) is 7.95. The van der Waals surface area contributed by atoms with Gasteiger partial charge in [-0.3, -0.25) is 47.5 Å². The second-order valence-electron chi connectivity index (χ2n) is 4.61. The van der Waals surface area contributed by atoms with Crippen LogP contribution < -0.4 is 17.2 Å². The molecule has 18 heavy (non-hydrogen) atoms. The van der Waals surface area contributed by atoms with Gasteiger partial charge in [0.2, 0.25) is 0 Å². The zero-order chi connectivity index (χ0) is 14.4. The van der Waals surface area contributed by atoms with Crippen LogP contribution >= 0.6 is 0 Å². The highest BCUT2D eigenvalue weighted by molar-refractivity contribution is 4.99. The van der Waals surface area contributed by atoms with Crippen molar-refractivity contribution in [3.05, 3.63) is 30.3 Å². The quantitative estimate of drug-likeness (QED) is 0.291. The van der Waals surface area contributed by atoms with E-state index < -0.39 is 51.0 Å². The van der Waals surface area contributed by atoms with Gasteiger partial charge in [-0.1, -0.05) is 0 Å². The summed E-state index contributed by atoms with van der Waals surface area (Å²) < 4.78 is 0. The predicted molar refractivity (Wildman–Crippen MR) is 55.6 cm³/mol. The van der Waals surface area contributed by atoms with Gasteiger partial charge in [0.15, 0.2) is 0 Å². The molecule has 0 spiro atoms. The Balaban J connectivity index is 3.28. The molecule has 12 heteroatoms. The molecule has 0 atom stereocenters. The fourth-order valence-electron chi connectivity index (χ4n) is 2.17. The lowest BCUT2D eigenvalue weighted by Crippen LogP contribution is -2.72. The lowest BCUT2D eigenvalue weighted by Gasteiger charge is -2.37. The van der Waals surface area contributed by atoms with Crippen LogP contribution in [0.25, 0.3) is 0 Å². The average Bonchev–Trinajstić information content (AvgIpc) is 2.14. The van der Waals surface area contributed by atoms with Gasteiger partial charge in [0.1, 0.15) is 19.3 Å². The van der Waals surface area contributed by atoms with Crippen LogP contribution in [0.5, 0.6) is 0 Å². The molecule has 1 aliphatic rings. The van der Waals surface area contributed by atoms with E-state index in [0.717, 1.165) is 0 Å². The molecule has 0 radical (unpaired) electrons. The van der Waals surface area contributed by atoms with Crippen molar-refractivity contribution >= 4 is 0 Å². The largest absolute Gasteiger partial charge is 0.289 e. The molecule has 102 valence electrons. The summed E-state index contributed by atoms with van der Waals surface area (Å²) in [5, 5.41) is 32.5. The molecule has 1 saturated carbocycles. The SMILES string of the molecule is NC1([N+](=O)[O-])CC(N)([N+](=O)[O-])CC(N)([N+](=O)[O-])C1. The molecule has 0 heterocycles. The first-order valence-corrected chi connectivity index (χ1v) is 4.75. The molecular formula is C6H12N6O6. The zero-order valence-electron chi connectivity index (χ0n) is 9.14. The molecule has 0 aliphatic heterocycles. The predicted octanol–water partition coefficient (Wildman–Crippen LogP) is -2.03. The van der Waals surface area contributed by atoms with Crippen molar-refractivity contribution in [2.24, 2.45) is 17.2 Å². The third-order valence-corrected chi connectivity index (χ3v) is 2.93. The summed E-state index contributed by atoms with van der Waals surface area (Å²) in [4.78, 5) is 29.4. The highest BCUT2D eigenvalue weighted by Crippen LogP contribution is 2.38. The summed E-state index contributed by atoms with van der Waals surface area (Å²) >= 11 is 0. The maximum absolute atomic E-state index is 10.8. The van der Waals surface area contributed by atoms with Gasteiger partial charge in [-0.2, -0.15) is 0 Å². The van der Waals surface area contributed by atoms with E-state index in [9.17, 15) is 30.3 Å². The molecule has 0 aromatic heterocycles. The van der Waals surface area contributed by atoms with Crippen LogP contribution in [0.15, 0.2) is 0 Å². The molecule has 0 aromatic carbocycles. The van der Waals surface area contributed by atoms with Crippen molar-refractivity contribution in [1.29, 1.82) is 0 Å². The van der Waals surface area contributed by atoms with Crippen LogP contribution in [-0.2, 0) is 0 Å². The molecule has 1 aliphatic carbocycles. The third-order valence-electron chi connectivity index (χ3n) is 2.93. The van der Waals surface area contributed by atoms with E-state index in [-0.39, 0.29) is 0 Å². The summed E-state index contributed by atoms with van der Waals surface area (Å²) in [5.41, 5.74) is 8.88. The lowest BCUT2D eigenvalue weighted by molar-refractivity contribution is -0.667. The van der Waals surface area contributed by atoms with Crippen LogP contribution in [0, 0.1) is 30.3 Å². The maximum Gasteiger partial charge on any atom is 0.289 e. The van der Waals surface area contributed by atoms with E-state index in [4.69, 9.17) is 17.2 Å². The molecule has 0 amide bonds. The van der Waals surface area contributed by atoms with Gasteiger partial charge in [0.05, 0.1) is 0 Å². The Morgan fingerprint density at radius 1 is 0.667 bits per heavy atom. The maximum atomic E-state index is 10.8. The van der Waals surface area contributed by atoms with Crippen LogP contribution in [0.2, 0.25) is 0 Å². The molecule has 0 saturated heterocycles. The monoisotopic (exact) mass is 264 g/mol. The zero-order valence-corrected chi connectivity index (χ0v) is 9.14. The van der Waals surface area contributed by atoms with E-state index in [2.05, 4.69) is 0 Å². The standard InChI is InChI=1S/C6H12N6O6/c7-4(10(13)14)1-5(8,11(15)16)3-6(9,2-4)12(17)18/h1-3,7-9H2. The lowest BCUT2D eigenvalue weighted by atomic mass is 9.76. The van der Waals surface area contributed by atoms with Gasteiger partial charge in [0, 0.05) is 14.8 Å². The molecule has 0 bridgehead atoms. The normalized spacial score (nSPS) is 40.2. The number of hydrogen-bond acceptors (Lipinski definition) is 9. The minimum absolute atomic E-state index is 0.827. The summed E-state index contributed by atoms with van der Waals surface area (Å²) in [6.07, 6.45) is -2.48. The fourth-order valence-corrected chi connectivity index (χ4v) is 2.17. The van der Waals surface area contributed by atoms with Gasteiger partial charge in [-0.15, -0.1) is 0 Å². The molecular weight excluding hydrogens is 252 g/mol. The molecule has 1 rings (SSSR count). The Hall–Kier alpha value is -1.92. The van der Waals surface area contributed by atoms with Gasteiger partial charge in [0.25, 0.3) is 17.0 Å². The number of rotatable bonds is 3.